The van der Waals surface area contributed by atoms with E-state index in [1.165, 1.54) is 10.7 Å². The van der Waals surface area contributed by atoms with Crippen molar-refractivity contribution in [3.05, 3.63) is 94.2 Å². The highest BCUT2D eigenvalue weighted by molar-refractivity contribution is 6.30. The van der Waals surface area contributed by atoms with Crippen molar-refractivity contribution in [3.63, 3.8) is 0 Å². The molecule has 166 valence electrons. The molecule has 0 unspecified atom stereocenters. The second kappa shape index (κ2) is 9.08. The third-order valence-electron chi connectivity index (χ3n) is 6.00. The van der Waals surface area contributed by atoms with Crippen LogP contribution in [0.5, 0.6) is 0 Å². The maximum Gasteiger partial charge on any atom is 0.267 e. The monoisotopic (exact) mass is 458 g/mol. The van der Waals surface area contributed by atoms with E-state index in [-0.39, 0.29) is 18.0 Å². The SMILES string of the molecule is O=C(Cn1nc(-c2ccc3ccccc3c2)ccc1=O)N1CCN(c2cccc(Cl)c2)CC1. The first-order valence-electron chi connectivity index (χ1n) is 10.9. The van der Waals surface area contributed by atoms with E-state index in [9.17, 15) is 9.59 Å². The lowest BCUT2D eigenvalue weighted by atomic mass is 10.1. The Morgan fingerprint density at radius 1 is 0.848 bits per heavy atom. The maximum atomic E-state index is 12.9. The summed E-state index contributed by atoms with van der Waals surface area (Å²) in [6, 6.07) is 25.1. The fraction of sp³-hybridized carbons (Fsp3) is 0.192. The van der Waals surface area contributed by atoms with Gasteiger partial charge in [0.15, 0.2) is 0 Å². The lowest BCUT2D eigenvalue weighted by Crippen LogP contribution is -2.50. The van der Waals surface area contributed by atoms with E-state index in [2.05, 4.69) is 16.1 Å². The van der Waals surface area contributed by atoms with Crippen LogP contribution < -0.4 is 10.5 Å². The molecule has 1 fully saturated rings. The molecular formula is C26H23ClN4O2. The highest BCUT2D eigenvalue weighted by Crippen LogP contribution is 2.23. The number of amides is 1. The summed E-state index contributed by atoms with van der Waals surface area (Å²) in [5, 5.41) is 7.43. The van der Waals surface area contributed by atoms with Gasteiger partial charge in [-0.3, -0.25) is 9.59 Å². The molecule has 1 saturated heterocycles. The van der Waals surface area contributed by atoms with Crippen LogP contribution in [0.2, 0.25) is 5.02 Å². The molecule has 4 aromatic rings. The Kier molecular flexibility index (Phi) is 5.84. The number of benzene rings is 3. The van der Waals surface area contributed by atoms with Crippen LogP contribution in [0.3, 0.4) is 0 Å². The van der Waals surface area contributed by atoms with E-state index >= 15 is 0 Å². The molecule has 5 rings (SSSR count). The molecule has 0 radical (unpaired) electrons. The first-order valence-corrected chi connectivity index (χ1v) is 11.3. The van der Waals surface area contributed by atoms with Crippen LogP contribution in [0.25, 0.3) is 22.0 Å². The van der Waals surface area contributed by atoms with Crippen LogP contribution in [0, 0.1) is 0 Å². The summed E-state index contributed by atoms with van der Waals surface area (Å²) >= 11 is 6.10. The molecule has 33 heavy (non-hydrogen) atoms. The molecule has 0 atom stereocenters. The number of nitrogens with zero attached hydrogens (tertiary/aromatic N) is 4. The number of hydrogen-bond acceptors (Lipinski definition) is 4. The molecule has 7 heteroatoms. The fourth-order valence-corrected chi connectivity index (χ4v) is 4.36. The lowest BCUT2D eigenvalue weighted by molar-refractivity contribution is -0.132. The van der Waals surface area contributed by atoms with E-state index in [1.54, 1.807) is 11.0 Å². The number of aromatic nitrogens is 2. The third kappa shape index (κ3) is 4.61. The molecule has 1 aliphatic rings. The molecule has 0 bridgehead atoms. The Morgan fingerprint density at radius 3 is 2.42 bits per heavy atom. The van der Waals surface area contributed by atoms with Gasteiger partial charge < -0.3 is 9.80 Å². The Hall–Kier alpha value is -3.64. The van der Waals surface area contributed by atoms with Crippen LogP contribution in [0.15, 0.2) is 83.7 Å². The highest BCUT2D eigenvalue weighted by Gasteiger charge is 2.22. The molecule has 1 amide bonds. The number of hydrogen-bond donors (Lipinski definition) is 0. The molecule has 2 heterocycles. The zero-order valence-corrected chi connectivity index (χ0v) is 18.8. The van der Waals surface area contributed by atoms with Crippen LogP contribution in [0.1, 0.15) is 0 Å². The van der Waals surface area contributed by atoms with Gasteiger partial charge in [0, 0.05) is 48.5 Å². The second-order valence-corrected chi connectivity index (χ2v) is 8.56. The summed E-state index contributed by atoms with van der Waals surface area (Å²) in [5.74, 6) is -0.106. The van der Waals surface area contributed by atoms with Crippen molar-refractivity contribution >= 4 is 34.0 Å². The number of halogens is 1. The van der Waals surface area contributed by atoms with Crippen LogP contribution in [-0.2, 0) is 11.3 Å². The van der Waals surface area contributed by atoms with E-state index in [0.717, 1.165) is 22.0 Å². The summed E-state index contributed by atoms with van der Waals surface area (Å²) in [6.45, 7) is 2.53. The van der Waals surface area contributed by atoms with Gasteiger partial charge in [-0.05, 0) is 41.1 Å². The van der Waals surface area contributed by atoms with Gasteiger partial charge in [-0.2, -0.15) is 5.10 Å². The Morgan fingerprint density at radius 2 is 1.64 bits per heavy atom. The first kappa shape index (κ1) is 21.2. The van der Waals surface area contributed by atoms with Crippen molar-refractivity contribution in [2.75, 3.05) is 31.1 Å². The third-order valence-corrected chi connectivity index (χ3v) is 6.24. The Bertz CT molecular complexity index is 1380. The van der Waals surface area contributed by atoms with Crippen molar-refractivity contribution < 1.29 is 4.79 Å². The van der Waals surface area contributed by atoms with E-state index in [0.29, 0.717) is 36.9 Å². The van der Waals surface area contributed by atoms with Crippen LogP contribution >= 0.6 is 11.6 Å². The van der Waals surface area contributed by atoms with Gasteiger partial charge in [0.25, 0.3) is 5.56 Å². The minimum atomic E-state index is -0.287. The summed E-state index contributed by atoms with van der Waals surface area (Å²) < 4.78 is 1.26. The van der Waals surface area contributed by atoms with Gasteiger partial charge in [-0.15, -0.1) is 0 Å². The average Bonchev–Trinajstić information content (AvgIpc) is 2.85. The van der Waals surface area contributed by atoms with Crippen LogP contribution in [0.4, 0.5) is 5.69 Å². The molecular weight excluding hydrogens is 436 g/mol. The first-order chi connectivity index (χ1) is 16.1. The summed E-state index contributed by atoms with van der Waals surface area (Å²) in [6.07, 6.45) is 0. The van der Waals surface area contributed by atoms with Gasteiger partial charge in [0.1, 0.15) is 6.54 Å². The number of carbonyl (C=O) groups excluding carboxylic acids is 1. The zero-order valence-electron chi connectivity index (χ0n) is 18.0. The molecule has 1 aromatic heterocycles. The van der Waals surface area contributed by atoms with Crippen LogP contribution in [-0.4, -0.2) is 46.8 Å². The highest BCUT2D eigenvalue weighted by atomic mass is 35.5. The number of carbonyl (C=O) groups is 1. The number of rotatable bonds is 4. The van der Waals surface area contributed by atoms with E-state index in [1.807, 2.05) is 60.7 Å². The van der Waals surface area contributed by atoms with Crippen molar-refractivity contribution in [3.8, 4) is 11.3 Å². The summed E-state index contributed by atoms with van der Waals surface area (Å²) in [7, 11) is 0. The van der Waals surface area contributed by atoms with Gasteiger partial charge in [0.05, 0.1) is 5.69 Å². The number of fused-ring (bicyclic) bond motifs is 1. The average molecular weight is 459 g/mol. The molecule has 0 saturated carbocycles. The van der Waals surface area contributed by atoms with Crippen molar-refractivity contribution in [1.29, 1.82) is 0 Å². The molecule has 1 aliphatic heterocycles. The normalized spacial score (nSPS) is 14.0. The molecule has 0 N–H and O–H groups in total. The Labute approximate surface area is 196 Å². The fourth-order valence-electron chi connectivity index (χ4n) is 4.18. The molecule has 0 aliphatic carbocycles. The zero-order chi connectivity index (χ0) is 22.8. The van der Waals surface area contributed by atoms with E-state index < -0.39 is 0 Å². The van der Waals surface area contributed by atoms with E-state index in [4.69, 9.17) is 11.6 Å². The molecule has 3 aromatic carbocycles. The predicted octanol–water partition coefficient (Wildman–Crippen LogP) is 4.07. The standard InChI is InChI=1S/C26H23ClN4O2/c27-22-6-3-7-23(17-22)29-12-14-30(15-13-29)26(33)18-31-25(32)11-10-24(28-31)21-9-8-19-4-1-2-5-20(19)16-21/h1-11,16-17H,12-15,18H2. The second-order valence-electron chi connectivity index (χ2n) is 8.12. The molecule has 0 spiro atoms. The smallest absolute Gasteiger partial charge is 0.267 e. The topological polar surface area (TPSA) is 58.4 Å². The maximum absolute atomic E-state index is 12.9. The molecule has 6 nitrogen and oxygen atoms in total. The van der Waals surface area contributed by atoms with Gasteiger partial charge in [-0.1, -0.05) is 54.1 Å². The van der Waals surface area contributed by atoms with Crippen molar-refractivity contribution in [2.45, 2.75) is 6.54 Å². The quantitative estimate of drug-likeness (QED) is 0.462. The number of piperazine rings is 1. The summed E-state index contributed by atoms with van der Waals surface area (Å²) in [4.78, 5) is 29.3. The Balaban J connectivity index is 1.29. The van der Waals surface area contributed by atoms with Gasteiger partial charge in [-0.25, -0.2) is 4.68 Å². The minimum Gasteiger partial charge on any atom is -0.368 e. The lowest BCUT2D eigenvalue weighted by Gasteiger charge is -2.36. The van der Waals surface area contributed by atoms with Gasteiger partial charge >= 0.3 is 0 Å². The predicted molar refractivity (Wildman–Crippen MR) is 132 cm³/mol. The summed E-state index contributed by atoms with van der Waals surface area (Å²) in [5.41, 5.74) is 2.34. The minimum absolute atomic E-state index is 0.0720. The van der Waals surface area contributed by atoms with Crippen molar-refractivity contribution in [2.24, 2.45) is 0 Å². The van der Waals surface area contributed by atoms with Crippen molar-refractivity contribution in [1.82, 2.24) is 14.7 Å². The largest absolute Gasteiger partial charge is 0.368 e. The van der Waals surface area contributed by atoms with Gasteiger partial charge in [0.2, 0.25) is 5.91 Å². The number of anilines is 1.